The van der Waals surface area contributed by atoms with Gasteiger partial charge in [-0.2, -0.15) is 0 Å². The molecule has 0 fully saturated rings. The van der Waals surface area contributed by atoms with E-state index in [1.54, 1.807) is 0 Å². The first-order chi connectivity index (χ1) is 10.7. The lowest BCUT2D eigenvalue weighted by Gasteiger charge is -2.10. The highest BCUT2D eigenvalue weighted by atomic mass is 14.1. The van der Waals surface area contributed by atoms with E-state index in [9.17, 15) is 0 Å². The zero-order valence-electron chi connectivity index (χ0n) is 13.8. The fourth-order valence-electron chi connectivity index (χ4n) is 2.66. The topological polar surface area (TPSA) is 0 Å². The van der Waals surface area contributed by atoms with Gasteiger partial charge in [0.2, 0.25) is 0 Å². The van der Waals surface area contributed by atoms with Gasteiger partial charge in [0, 0.05) is 0 Å². The molecule has 0 aliphatic heterocycles. The van der Waals surface area contributed by atoms with E-state index in [0.29, 0.717) is 0 Å². The molecule has 0 unspecified atom stereocenters. The molecule has 2 aromatic rings. The van der Waals surface area contributed by atoms with Crippen LogP contribution in [0.1, 0.15) is 43.4 Å². The van der Waals surface area contributed by atoms with Crippen LogP contribution in [0.4, 0.5) is 0 Å². The first-order valence-corrected chi connectivity index (χ1v) is 8.19. The Morgan fingerprint density at radius 3 is 2.36 bits per heavy atom. The van der Waals surface area contributed by atoms with Gasteiger partial charge in [-0.1, -0.05) is 79.7 Å². The van der Waals surface area contributed by atoms with E-state index in [4.69, 9.17) is 0 Å². The van der Waals surface area contributed by atoms with Gasteiger partial charge in [-0.15, -0.1) is 0 Å². The Labute approximate surface area is 135 Å². The average molecular weight is 290 g/mol. The molecule has 0 atom stereocenters. The minimum atomic E-state index is 1.08. The van der Waals surface area contributed by atoms with Crippen LogP contribution in [-0.2, 0) is 12.8 Å². The molecule has 0 aromatic heterocycles. The summed E-state index contributed by atoms with van der Waals surface area (Å²) in [5, 5.41) is 0. The molecule has 0 bridgehead atoms. The molecule has 0 N–H and O–H groups in total. The molecular formula is C22H26. The van der Waals surface area contributed by atoms with Gasteiger partial charge in [-0.05, 0) is 54.9 Å². The Morgan fingerprint density at radius 1 is 0.955 bits per heavy atom. The minimum Gasteiger partial charge on any atom is -0.0912 e. The van der Waals surface area contributed by atoms with Crippen LogP contribution in [0.25, 0.3) is 5.57 Å². The molecule has 0 heteroatoms. The summed E-state index contributed by atoms with van der Waals surface area (Å²) >= 11 is 0. The van der Waals surface area contributed by atoms with Crippen LogP contribution in [-0.4, -0.2) is 0 Å². The van der Waals surface area contributed by atoms with Crippen molar-refractivity contribution in [1.82, 2.24) is 0 Å². The van der Waals surface area contributed by atoms with E-state index >= 15 is 0 Å². The highest BCUT2D eigenvalue weighted by Crippen LogP contribution is 2.22. The lowest BCUT2D eigenvalue weighted by Crippen LogP contribution is -1.95. The summed E-state index contributed by atoms with van der Waals surface area (Å²) in [5.74, 6) is 0. The van der Waals surface area contributed by atoms with E-state index in [2.05, 4.69) is 81.1 Å². The van der Waals surface area contributed by atoms with Crippen molar-refractivity contribution in [3.05, 3.63) is 89.5 Å². The Balaban J connectivity index is 2.04. The molecule has 0 saturated heterocycles. The molecule has 114 valence electrons. The molecule has 0 amide bonds. The van der Waals surface area contributed by atoms with Crippen LogP contribution < -0.4 is 0 Å². The number of rotatable bonds is 7. The molecule has 0 spiro atoms. The zero-order chi connectivity index (χ0) is 15.8. The lowest BCUT2D eigenvalue weighted by atomic mass is 9.95. The second-order valence-corrected chi connectivity index (χ2v) is 5.87. The van der Waals surface area contributed by atoms with Crippen molar-refractivity contribution in [1.29, 1.82) is 0 Å². The number of benzene rings is 2. The van der Waals surface area contributed by atoms with E-state index in [-0.39, 0.29) is 0 Å². The predicted molar refractivity (Wildman–Crippen MR) is 98.0 cm³/mol. The molecule has 0 aliphatic carbocycles. The number of hydrogen-bond donors (Lipinski definition) is 0. The molecule has 2 rings (SSSR count). The normalized spacial score (nSPS) is 11.5. The SMILES string of the molecule is C=C(/C=C(/C)CC)c1ccccc1CCCc1ccccc1. The summed E-state index contributed by atoms with van der Waals surface area (Å²) in [5.41, 5.74) is 6.63. The van der Waals surface area contributed by atoms with Crippen molar-refractivity contribution >= 4 is 5.57 Å². The third kappa shape index (κ3) is 4.73. The summed E-state index contributed by atoms with van der Waals surface area (Å²) in [6.45, 7) is 8.62. The molecule has 0 nitrogen and oxygen atoms in total. The van der Waals surface area contributed by atoms with Crippen molar-refractivity contribution in [2.24, 2.45) is 0 Å². The molecule has 2 aromatic carbocycles. The molecule has 22 heavy (non-hydrogen) atoms. The third-order valence-electron chi connectivity index (χ3n) is 4.10. The van der Waals surface area contributed by atoms with E-state index in [0.717, 1.165) is 24.8 Å². The number of hydrogen-bond acceptors (Lipinski definition) is 0. The highest BCUT2D eigenvalue weighted by Gasteiger charge is 2.04. The van der Waals surface area contributed by atoms with Gasteiger partial charge in [0.15, 0.2) is 0 Å². The van der Waals surface area contributed by atoms with Gasteiger partial charge in [-0.25, -0.2) is 0 Å². The summed E-state index contributed by atoms with van der Waals surface area (Å²) in [4.78, 5) is 0. The average Bonchev–Trinajstić information content (AvgIpc) is 2.56. The number of aryl methyl sites for hydroxylation is 2. The van der Waals surface area contributed by atoms with Gasteiger partial charge in [-0.3, -0.25) is 0 Å². The highest BCUT2D eigenvalue weighted by molar-refractivity contribution is 5.74. The fraction of sp³-hybridized carbons (Fsp3) is 0.273. The van der Waals surface area contributed by atoms with Gasteiger partial charge in [0.1, 0.15) is 0 Å². The monoisotopic (exact) mass is 290 g/mol. The number of allylic oxidation sites excluding steroid dienone is 3. The van der Waals surface area contributed by atoms with Crippen LogP contribution in [0, 0.1) is 0 Å². The molecule has 0 radical (unpaired) electrons. The Kier molecular flexibility index (Phi) is 6.21. The third-order valence-corrected chi connectivity index (χ3v) is 4.10. The first-order valence-electron chi connectivity index (χ1n) is 8.19. The molecule has 0 saturated carbocycles. The maximum atomic E-state index is 4.26. The molecule has 0 heterocycles. The Morgan fingerprint density at radius 2 is 1.64 bits per heavy atom. The maximum Gasteiger partial charge on any atom is -0.0158 e. The smallest absolute Gasteiger partial charge is 0.0158 e. The Bertz CT molecular complexity index is 632. The van der Waals surface area contributed by atoms with Crippen molar-refractivity contribution in [2.45, 2.75) is 39.5 Å². The predicted octanol–water partition coefficient (Wildman–Crippen LogP) is 6.23. The van der Waals surface area contributed by atoms with Gasteiger partial charge < -0.3 is 0 Å². The van der Waals surface area contributed by atoms with Crippen molar-refractivity contribution in [3.63, 3.8) is 0 Å². The summed E-state index contributed by atoms with van der Waals surface area (Å²) < 4.78 is 0. The van der Waals surface area contributed by atoms with Crippen molar-refractivity contribution < 1.29 is 0 Å². The second kappa shape index (κ2) is 8.38. The lowest BCUT2D eigenvalue weighted by molar-refractivity contribution is 0.819. The van der Waals surface area contributed by atoms with Crippen molar-refractivity contribution in [3.8, 4) is 0 Å². The first kappa shape index (κ1) is 16.3. The maximum absolute atomic E-state index is 4.26. The standard InChI is InChI=1S/C22H26/c1-4-18(2)17-19(3)22-16-9-8-14-21(22)15-10-13-20-11-6-5-7-12-20/h5-9,11-12,14,16-17H,3-4,10,13,15H2,1-2H3/b18-17-. The second-order valence-electron chi connectivity index (χ2n) is 5.87. The summed E-state index contributed by atoms with van der Waals surface area (Å²) in [6, 6.07) is 19.4. The van der Waals surface area contributed by atoms with E-state index in [1.165, 1.54) is 28.7 Å². The van der Waals surface area contributed by atoms with Crippen LogP contribution in [0.15, 0.2) is 72.8 Å². The van der Waals surface area contributed by atoms with Crippen LogP contribution >= 0.6 is 0 Å². The van der Waals surface area contributed by atoms with Gasteiger partial charge in [0.05, 0.1) is 0 Å². The zero-order valence-corrected chi connectivity index (χ0v) is 13.8. The summed E-state index contributed by atoms with van der Waals surface area (Å²) in [6.07, 6.45) is 6.70. The van der Waals surface area contributed by atoms with E-state index in [1.807, 2.05) is 0 Å². The quantitative estimate of drug-likeness (QED) is 0.530. The molecule has 0 aliphatic rings. The van der Waals surface area contributed by atoms with Crippen LogP contribution in [0.3, 0.4) is 0 Å². The fourth-order valence-corrected chi connectivity index (χ4v) is 2.66. The van der Waals surface area contributed by atoms with Crippen LogP contribution in [0.2, 0.25) is 0 Å². The molecular weight excluding hydrogens is 264 g/mol. The van der Waals surface area contributed by atoms with E-state index < -0.39 is 0 Å². The van der Waals surface area contributed by atoms with Gasteiger partial charge in [0.25, 0.3) is 0 Å². The summed E-state index contributed by atoms with van der Waals surface area (Å²) in [7, 11) is 0. The largest absolute Gasteiger partial charge is 0.0912 e. The Hall–Kier alpha value is -2.08. The van der Waals surface area contributed by atoms with Crippen LogP contribution in [0.5, 0.6) is 0 Å². The minimum absolute atomic E-state index is 1.08. The van der Waals surface area contributed by atoms with Crippen molar-refractivity contribution in [2.75, 3.05) is 0 Å². The van der Waals surface area contributed by atoms with Gasteiger partial charge >= 0.3 is 0 Å².